The van der Waals surface area contributed by atoms with Gasteiger partial charge < -0.3 is 0 Å². The molecule has 1 heterocycles. The van der Waals surface area contributed by atoms with E-state index in [0.717, 1.165) is 17.3 Å². The minimum absolute atomic E-state index is 0.422. The van der Waals surface area contributed by atoms with Gasteiger partial charge in [-0.25, -0.2) is 14.2 Å². The van der Waals surface area contributed by atoms with Crippen molar-refractivity contribution in [2.75, 3.05) is 0 Å². The summed E-state index contributed by atoms with van der Waals surface area (Å²) in [6.07, 6.45) is 1.77. The molecule has 2 rings (SSSR count). The van der Waals surface area contributed by atoms with Gasteiger partial charge in [0.1, 0.15) is 11.6 Å². The highest BCUT2D eigenvalue weighted by molar-refractivity contribution is 5.33. The van der Waals surface area contributed by atoms with Gasteiger partial charge in [0.2, 0.25) is 0 Å². The van der Waals surface area contributed by atoms with Crippen molar-refractivity contribution in [3.8, 4) is 0 Å². The molecule has 0 spiro atoms. The molecule has 2 aromatic rings. The molecule has 0 saturated carbocycles. The van der Waals surface area contributed by atoms with Gasteiger partial charge >= 0.3 is 0 Å². The lowest BCUT2D eigenvalue weighted by atomic mass is 10.00. The second-order valence-electron chi connectivity index (χ2n) is 4.15. The number of nitrogens with one attached hydrogen (secondary N) is 1. The van der Waals surface area contributed by atoms with Gasteiger partial charge in [-0.2, -0.15) is 5.10 Å². The van der Waals surface area contributed by atoms with Crippen LogP contribution in [0.4, 0.5) is 8.78 Å². The van der Waals surface area contributed by atoms with E-state index in [-0.39, 0.29) is 0 Å². The van der Waals surface area contributed by atoms with Gasteiger partial charge in [0.25, 0.3) is 0 Å². The number of hydrogen-bond acceptors (Lipinski definition) is 3. The van der Waals surface area contributed by atoms with Crippen LogP contribution >= 0.6 is 0 Å². The molecule has 1 unspecified atom stereocenters. The summed E-state index contributed by atoms with van der Waals surface area (Å²) in [5.41, 5.74) is 4.52. The lowest BCUT2D eigenvalue weighted by Crippen LogP contribution is -2.29. The topological polar surface area (TPSA) is 55.9 Å². The summed E-state index contributed by atoms with van der Waals surface area (Å²) in [5.74, 6) is 4.22. The van der Waals surface area contributed by atoms with Crippen LogP contribution in [-0.4, -0.2) is 9.78 Å². The van der Waals surface area contributed by atoms with Gasteiger partial charge in [-0.05, 0) is 24.6 Å². The zero-order valence-electron chi connectivity index (χ0n) is 10.1. The van der Waals surface area contributed by atoms with Crippen molar-refractivity contribution < 1.29 is 8.78 Å². The molecule has 0 radical (unpaired) electrons. The van der Waals surface area contributed by atoms with Crippen molar-refractivity contribution >= 4 is 0 Å². The molecule has 6 heteroatoms. The highest BCUT2D eigenvalue weighted by Gasteiger charge is 2.18. The first-order valence-corrected chi connectivity index (χ1v) is 5.43. The Bertz CT molecular complexity index is 545. The third-order valence-corrected chi connectivity index (χ3v) is 2.75. The zero-order valence-corrected chi connectivity index (χ0v) is 10.1. The Hall–Kier alpha value is -1.79. The van der Waals surface area contributed by atoms with Crippen LogP contribution in [0, 0.1) is 18.6 Å². The fraction of sp³-hybridized carbons (Fsp3) is 0.250. The summed E-state index contributed by atoms with van der Waals surface area (Å²) in [7, 11) is 1.77. The molecule has 96 valence electrons. The molecule has 0 aliphatic carbocycles. The molecular formula is C12H14F2N4. The summed E-state index contributed by atoms with van der Waals surface area (Å²) >= 11 is 0. The van der Waals surface area contributed by atoms with E-state index in [4.69, 9.17) is 5.84 Å². The first-order valence-electron chi connectivity index (χ1n) is 5.43. The third kappa shape index (κ3) is 2.39. The van der Waals surface area contributed by atoms with Crippen LogP contribution < -0.4 is 11.3 Å². The van der Waals surface area contributed by atoms with Crippen LogP contribution in [-0.2, 0) is 7.05 Å². The first-order chi connectivity index (χ1) is 8.51. The lowest BCUT2D eigenvalue weighted by Gasteiger charge is -2.16. The first kappa shape index (κ1) is 12.7. The Balaban J connectivity index is 2.48. The number of halogens is 2. The molecule has 1 aromatic heterocycles. The summed E-state index contributed by atoms with van der Waals surface area (Å²) in [6, 6.07) is 2.83. The Morgan fingerprint density at radius 3 is 2.33 bits per heavy atom. The number of benzene rings is 1. The number of hydrogen-bond donors (Lipinski definition) is 2. The van der Waals surface area contributed by atoms with E-state index in [2.05, 4.69) is 10.5 Å². The van der Waals surface area contributed by atoms with Crippen molar-refractivity contribution in [1.82, 2.24) is 15.2 Å². The maximum absolute atomic E-state index is 13.2. The van der Waals surface area contributed by atoms with Gasteiger partial charge in [0.15, 0.2) is 0 Å². The van der Waals surface area contributed by atoms with E-state index in [1.54, 1.807) is 17.9 Å². The molecule has 0 aliphatic rings. The number of rotatable bonds is 3. The average Bonchev–Trinajstić information content (AvgIpc) is 2.58. The van der Waals surface area contributed by atoms with E-state index < -0.39 is 17.7 Å². The number of nitrogens with two attached hydrogens (primary N) is 1. The van der Waals surface area contributed by atoms with E-state index in [1.165, 1.54) is 12.1 Å². The zero-order chi connectivity index (χ0) is 13.3. The van der Waals surface area contributed by atoms with Gasteiger partial charge in [-0.15, -0.1) is 0 Å². The average molecular weight is 252 g/mol. The maximum Gasteiger partial charge on any atom is 0.126 e. The molecule has 1 aromatic carbocycles. The van der Waals surface area contributed by atoms with Crippen LogP contribution in [0.15, 0.2) is 24.4 Å². The Morgan fingerprint density at radius 1 is 1.28 bits per heavy atom. The molecule has 0 bridgehead atoms. The quantitative estimate of drug-likeness (QED) is 0.644. The smallest absolute Gasteiger partial charge is 0.126 e. The van der Waals surface area contributed by atoms with Gasteiger partial charge in [0, 0.05) is 24.9 Å². The van der Waals surface area contributed by atoms with E-state index in [0.29, 0.717) is 5.56 Å². The fourth-order valence-electron chi connectivity index (χ4n) is 2.01. The number of nitrogens with zero attached hydrogens (tertiary/aromatic N) is 2. The van der Waals surface area contributed by atoms with Crippen molar-refractivity contribution in [2.45, 2.75) is 13.0 Å². The molecule has 0 aliphatic heterocycles. The van der Waals surface area contributed by atoms with Gasteiger partial charge in [-0.1, -0.05) is 0 Å². The van der Waals surface area contributed by atoms with Crippen molar-refractivity contribution in [1.29, 1.82) is 0 Å². The van der Waals surface area contributed by atoms with Crippen molar-refractivity contribution in [3.05, 3.63) is 52.9 Å². The highest BCUT2D eigenvalue weighted by atomic mass is 19.1. The largest absolute Gasteiger partial charge is 0.275 e. The van der Waals surface area contributed by atoms with Gasteiger partial charge in [-0.3, -0.25) is 10.5 Å². The van der Waals surface area contributed by atoms with Crippen molar-refractivity contribution in [2.24, 2.45) is 12.9 Å². The summed E-state index contributed by atoms with van der Waals surface area (Å²) in [6.45, 7) is 1.81. The minimum Gasteiger partial charge on any atom is -0.275 e. The molecule has 3 N–H and O–H groups in total. The van der Waals surface area contributed by atoms with E-state index >= 15 is 0 Å². The Morgan fingerprint density at radius 2 is 1.89 bits per heavy atom. The van der Waals surface area contributed by atoms with Crippen LogP contribution in [0.25, 0.3) is 0 Å². The summed E-state index contributed by atoms with van der Waals surface area (Å²) < 4.78 is 28.1. The van der Waals surface area contributed by atoms with E-state index in [1.807, 2.05) is 6.92 Å². The predicted octanol–water partition coefficient (Wildman–Crippen LogP) is 1.56. The van der Waals surface area contributed by atoms with Crippen LogP contribution in [0.5, 0.6) is 0 Å². The summed E-state index contributed by atoms with van der Waals surface area (Å²) in [4.78, 5) is 0. The molecule has 0 amide bonds. The van der Waals surface area contributed by atoms with Crippen molar-refractivity contribution in [3.63, 3.8) is 0 Å². The molecule has 1 atom stereocenters. The second kappa shape index (κ2) is 4.83. The van der Waals surface area contributed by atoms with E-state index in [9.17, 15) is 8.78 Å². The number of aromatic nitrogens is 2. The van der Waals surface area contributed by atoms with Crippen LogP contribution in [0.1, 0.15) is 22.9 Å². The summed E-state index contributed by atoms with van der Waals surface area (Å²) in [5, 5.41) is 4.18. The van der Waals surface area contributed by atoms with Gasteiger partial charge in [0.05, 0.1) is 11.7 Å². The monoisotopic (exact) mass is 252 g/mol. The molecule has 4 nitrogen and oxygen atoms in total. The normalized spacial score (nSPS) is 12.7. The lowest BCUT2D eigenvalue weighted by molar-refractivity contribution is 0.565. The number of hydrazine groups is 1. The highest BCUT2D eigenvalue weighted by Crippen LogP contribution is 2.24. The number of aryl methyl sites for hydroxylation is 2. The molecule has 0 fully saturated rings. The maximum atomic E-state index is 13.2. The molecular weight excluding hydrogens is 238 g/mol. The second-order valence-corrected chi connectivity index (χ2v) is 4.15. The van der Waals surface area contributed by atoms with Crippen LogP contribution in [0.2, 0.25) is 0 Å². The SMILES string of the molecule is Cc1nn(C)cc1C(NN)c1cc(F)cc(F)c1. The minimum atomic E-state index is -0.633. The molecule has 0 saturated heterocycles. The Labute approximate surface area is 103 Å². The molecule has 18 heavy (non-hydrogen) atoms. The standard InChI is InChI=1S/C12H14F2N4/c1-7-11(6-18(2)17-7)12(16-15)8-3-9(13)5-10(14)4-8/h3-6,12,16H,15H2,1-2H3. The third-order valence-electron chi connectivity index (χ3n) is 2.75. The predicted molar refractivity (Wildman–Crippen MR) is 63.5 cm³/mol. The fourth-order valence-corrected chi connectivity index (χ4v) is 2.01. The Kier molecular flexibility index (Phi) is 3.40. The van der Waals surface area contributed by atoms with Crippen LogP contribution in [0.3, 0.4) is 0 Å².